The summed E-state index contributed by atoms with van der Waals surface area (Å²) in [6, 6.07) is 10.6. The van der Waals surface area contributed by atoms with Crippen LogP contribution in [0.15, 0.2) is 30.3 Å². The molecule has 5 aliphatic rings. The van der Waals surface area contributed by atoms with E-state index in [4.69, 9.17) is 4.74 Å². The molecule has 0 amide bonds. The van der Waals surface area contributed by atoms with E-state index in [9.17, 15) is 14.7 Å². The summed E-state index contributed by atoms with van der Waals surface area (Å²) >= 11 is 0. The molecule has 6 rings (SSSR count). The summed E-state index contributed by atoms with van der Waals surface area (Å²) in [5.74, 6) is 2.07. The summed E-state index contributed by atoms with van der Waals surface area (Å²) in [4.78, 5) is 29.0. The van der Waals surface area contributed by atoms with E-state index in [0.29, 0.717) is 36.6 Å². The van der Waals surface area contributed by atoms with Gasteiger partial charge in [0.25, 0.3) is 0 Å². The zero-order valence-electron chi connectivity index (χ0n) is 22.9. The molecule has 202 valence electrons. The number of nitrogens with zero attached hydrogens (tertiary/aromatic N) is 1. The maximum Gasteiger partial charge on any atom is 0.137 e. The van der Waals surface area contributed by atoms with E-state index in [1.165, 1.54) is 5.56 Å². The van der Waals surface area contributed by atoms with Gasteiger partial charge in [0.15, 0.2) is 0 Å². The number of benzene rings is 1. The Morgan fingerprint density at radius 2 is 1.89 bits per heavy atom. The van der Waals surface area contributed by atoms with Crippen molar-refractivity contribution >= 4 is 11.6 Å². The minimum atomic E-state index is -0.345. The molecule has 0 aromatic heterocycles. The van der Waals surface area contributed by atoms with Gasteiger partial charge in [-0.1, -0.05) is 44.2 Å². The van der Waals surface area contributed by atoms with Gasteiger partial charge < -0.3 is 9.84 Å². The van der Waals surface area contributed by atoms with Crippen LogP contribution in [0.3, 0.4) is 0 Å². The Morgan fingerprint density at radius 1 is 1.11 bits per heavy atom. The van der Waals surface area contributed by atoms with Gasteiger partial charge in [-0.2, -0.15) is 0 Å². The van der Waals surface area contributed by atoms with Gasteiger partial charge in [0.2, 0.25) is 0 Å². The third-order valence-corrected chi connectivity index (χ3v) is 11.8. The van der Waals surface area contributed by atoms with E-state index in [1.807, 2.05) is 6.07 Å². The van der Waals surface area contributed by atoms with Gasteiger partial charge in [-0.25, -0.2) is 0 Å². The van der Waals surface area contributed by atoms with Crippen LogP contribution in [0.5, 0.6) is 0 Å². The molecule has 10 atom stereocenters. The first-order chi connectivity index (χ1) is 17.7. The molecule has 5 nitrogen and oxygen atoms in total. The Labute approximate surface area is 222 Å². The summed E-state index contributed by atoms with van der Waals surface area (Å²) < 4.78 is 6.16. The molecule has 0 bridgehead atoms. The number of rotatable bonds is 4. The lowest BCUT2D eigenvalue weighted by Gasteiger charge is -2.61. The minimum absolute atomic E-state index is 0.0451. The van der Waals surface area contributed by atoms with Gasteiger partial charge in [0.1, 0.15) is 11.6 Å². The largest absolute Gasteiger partial charge is 0.391 e. The van der Waals surface area contributed by atoms with Crippen molar-refractivity contribution in [1.29, 1.82) is 0 Å². The summed E-state index contributed by atoms with van der Waals surface area (Å²) in [7, 11) is 0. The van der Waals surface area contributed by atoms with E-state index in [-0.39, 0.29) is 46.7 Å². The third kappa shape index (κ3) is 4.24. The van der Waals surface area contributed by atoms with Crippen molar-refractivity contribution in [2.75, 3.05) is 19.7 Å². The highest BCUT2D eigenvalue weighted by molar-refractivity contribution is 5.87. The van der Waals surface area contributed by atoms with E-state index >= 15 is 0 Å². The molecule has 37 heavy (non-hydrogen) atoms. The third-order valence-electron chi connectivity index (χ3n) is 11.8. The molecule has 0 unspecified atom stereocenters. The van der Waals surface area contributed by atoms with Crippen molar-refractivity contribution in [3.63, 3.8) is 0 Å². The lowest BCUT2D eigenvalue weighted by Crippen LogP contribution is -2.63. The van der Waals surface area contributed by atoms with Crippen LogP contribution in [0.4, 0.5) is 0 Å². The van der Waals surface area contributed by atoms with Crippen LogP contribution in [0.25, 0.3) is 0 Å². The Kier molecular flexibility index (Phi) is 6.65. The van der Waals surface area contributed by atoms with Crippen LogP contribution in [0.1, 0.15) is 71.3 Å². The van der Waals surface area contributed by atoms with Gasteiger partial charge in [0.05, 0.1) is 18.8 Å². The molecule has 5 heteroatoms. The van der Waals surface area contributed by atoms with E-state index in [2.05, 4.69) is 43.0 Å². The zero-order chi connectivity index (χ0) is 25.9. The van der Waals surface area contributed by atoms with Crippen molar-refractivity contribution in [2.24, 2.45) is 40.4 Å². The van der Waals surface area contributed by atoms with Crippen LogP contribution in [-0.2, 0) is 20.7 Å². The van der Waals surface area contributed by atoms with Crippen molar-refractivity contribution < 1.29 is 19.4 Å². The number of fused-ring (bicyclic) bond motifs is 5. The number of hydrogen-bond donors (Lipinski definition) is 1. The molecule has 0 radical (unpaired) electrons. The number of carbonyl (C=O) groups excluding carboxylic acids is 2. The summed E-state index contributed by atoms with van der Waals surface area (Å²) in [6.45, 7) is 8.73. The molecule has 1 aliphatic heterocycles. The second-order valence-corrected chi connectivity index (χ2v) is 13.7. The molecule has 1 N–H and O–H groups in total. The average Bonchev–Trinajstić information content (AvgIpc) is 3.21. The Bertz CT molecular complexity index is 1030. The molecule has 1 aromatic rings. The monoisotopic (exact) mass is 507 g/mol. The normalized spacial score (nSPS) is 46.1. The maximum absolute atomic E-state index is 14.0. The van der Waals surface area contributed by atoms with Crippen LogP contribution >= 0.6 is 0 Å². The Hall–Kier alpha value is -1.56. The standard InChI is InChI=1S/C32H45NO4/c1-20(34)25-11-12-26-24-10-9-22-16-28(35)27(17-31(22,2)30(24)29(36)18-32(25,26)3)33-13-14-37-23(19-33)15-21-7-5-4-6-8-21/h4-8,22-28,30,35H,9-19H2,1-3H3/t22-,23+,24-,25+,26-,27-,28-,30+,31-,32+/m0/s1. The zero-order valence-corrected chi connectivity index (χ0v) is 22.9. The number of morpholine rings is 1. The lowest BCUT2D eigenvalue weighted by atomic mass is 9.43. The van der Waals surface area contributed by atoms with E-state index in [1.54, 1.807) is 6.92 Å². The molecule has 4 aliphatic carbocycles. The minimum Gasteiger partial charge on any atom is -0.391 e. The summed E-state index contributed by atoms with van der Waals surface area (Å²) in [5, 5.41) is 11.4. The average molecular weight is 508 g/mol. The number of hydrogen-bond acceptors (Lipinski definition) is 5. The lowest BCUT2D eigenvalue weighted by molar-refractivity contribution is -0.173. The van der Waals surface area contributed by atoms with Crippen molar-refractivity contribution in [1.82, 2.24) is 4.90 Å². The summed E-state index contributed by atoms with van der Waals surface area (Å²) in [5.41, 5.74) is 1.06. The van der Waals surface area contributed by atoms with Crippen molar-refractivity contribution in [3.05, 3.63) is 35.9 Å². The first-order valence-corrected chi connectivity index (χ1v) is 14.8. The fourth-order valence-corrected chi connectivity index (χ4v) is 10.2. The second kappa shape index (κ2) is 9.57. The number of ketones is 2. The van der Waals surface area contributed by atoms with Crippen LogP contribution in [0, 0.1) is 40.4 Å². The highest BCUT2D eigenvalue weighted by Gasteiger charge is 2.64. The van der Waals surface area contributed by atoms with Crippen molar-refractivity contribution in [3.8, 4) is 0 Å². The fraction of sp³-hybridized carbons (Fsp3) is 0.750. The first kappa shape index (κ1) is 25.7. The highest BCUT2D eigenvalue weighted by Crippen LogP contribution is 2.66. The van der Waals surface area contributed by atoms with Gasteiger partial charge in [0, 0.05) is 37.4 Å². The maximum atomic E-state index is 14.0. The number of aliphatic hydroxyl groups is 1. The van der Waals surface area contributed by atoms with Gasteiger partial charge in [-0.3, -0.25) is 14.5 Å². The SMILES string of the molecule is CC(=O)[C@H]1CC[C@H]2[C@@H]3CC[C@H]4C[C@H](O)[C@@H](N5CCO[C@H](Cc6ccccc6)C5)C[C@]4(C)[C@H]3C(=O)C[C@]12C. The molecule has 5 fully saturated rings. The number of carbonyl (C=O) groups is 2. The molecule has 0 spiro atoms. The van der Waals surface area contributed by atoms with Gasteiger partial charge in [-0.15, -0.1) is 0 Å². The smallest absolute Gasteiger partial charge is 0.137 e. The second-order valence-electron chi connectivity index (χ2n) is 13.7. The van der Waals surface area contributed by atoms with Crippen molar-refractivity contribution in [2.45, 2.75) is 90.4 Å². The Balaban J connectivity index is 1.22. The number of aliphatic hydroxyl groups excluding tert-OH is 1. The van der Waals surface area contributed by atoms with E-state index in [0.717, 1.165) is 58.0 Å². The summed E-state index contributed by atoms with van der Waals surface area (Å²) in [6.07, 6.45) is 7.16. The topological polar surface area (TPSA) is 66.8 Å². The first-order valence-electron chi connectivity index (χ1n) is 14.8. The predicted molar refractivity (Wildman–Crippen MR) is 143 cm³/mol. The number of Topliss-reactive ketones (excluding diaryl/α,β-unsaturated/α-hetero) is 2. The van der Waals surface area contributed by atoms with Crippen LogP contribution in [0.2, 0.25) is 0 Å². The van der Waals surface area contributed by atoms with Gasteiger partial charge in [-0.05, 0) is 86.0 Å². The highest BCUT2D eigenvalue weighted by atomic mass is 16.5. The van der Waals surface area contributed by atoms with Crippen LogP contribution < -0.4 is 0 Å². The molecule has 1 aromatic carbocycles. The molecular weight excluding hydrogens is 462 g/mol. The predicted octanol–water partition coefficient (Wildman–Crippen LogP) is 4.70. The number of ether oxygens (including phenoxy) is 1. The molecule has 1 saturated heterocycles. The fourth-order valence-electron chi connectivity index (χ4n) is 10.2. The quantitative estimate of drug-likeness (QED) is 0.640. The molecule has 4 saturated carbocycles. The molecule has 1 heterocycles. The van der Waals surface area contributed by atoms with Gasteiger partial charge >= 0.3 is 0 Å². The van der Waals surface area contributed by atoms with E-state index < -0.39 is 0 Å². The Morgan fingerprint density at radius 3 is 2.65 bits per heavy atom. The molecular formula is C32H45NO4. The van der Waals surface area contributed by atoms with Crippen LogP contribution in [-0.4, -0.2) is 59.5 Å².